The van der Waals surface area contributed by atoms with Crippen LogP contribution in [0.25, 0.3) is 10.8 Å². The van der Waals surface area contributed by atoms with Crippen LogP contribution in [0.15, 0.2) is 72.8 Å². The Hall–Kier alpha value is -2.65. The molecule has 1 unspecified atom stereocenters. The second-order valence-corrected chi connectivity index (χ2v) is 6.79. The topological polar surface area (TPSA) is 29.5 Å². The monoisotopic (exact) mass is 345 g/mol. The van der Waals surface area contributed by atoms with Crippen molar-refractivity contribution in [1.82, 2.24) is 4.90 Å². The minimum Gasteiger partial charge on any atom is -0.370 e. The van der Waals surface area contributed by atoms with Crippen molar-refractivity contribution in [3.05, 3.63) is 83.9 Å². The summed E-state index contributed by atoms with van der Waals surface area (Å²) in [6.45, 7) is 1.92. The van der Waals surface area contributed by atoms with E-state index in [9.17, 15) is 4.79 Å². The molecule has 1 heterocycles. The van der Waals surface area contributed by atoms with Crippen molar-refractivity contribution in [2.24, 2.45) is 0 Å². The maximum Gasteiger partial charge on any atom is 0.223 e. The van der Waals surface area contributed by atoms with Gasteiger partial charge in [-0.2, -0.15) is 0 Å². The number of morpholine rings is 1. The van der Waals surface area contributed by atoms with Gasteiger partial charge in [-0.3, -0.25) is 4.79 Å². The van der Waals surface area contributed by atoms with Crippen molar-refractivity contribution in [2.75, 3.05) is 19.7 Å². The summed E-state index contributed by atoms with van der Waals surface area (Å²) >= 11 is 0. The summed E-state index contributed by atoms with van der Waals surface area (Å²) in [6, 6.07) is 24.9. The van der Waals surface area contributed by atoms with Crippen LogP contribution < -0.4 is 0 Å². The molecule has 0 radical (unpaired) electrons. The van der Waals surface area contributed by atoms with Crippen LogP contribution in [0.4, 0.5) is 0 Å². The second kappa shape index (κ2) is 7.71. The fourth-order valence-corrected chi connectivity index (χ4v) is 3.55. The standard InChI is InChI=1S/C23H23NO2/c25-23(13-11-18-10-12-19-6-4-5-9-21(19)16-18)24-14-15-26-22(17-24)20-7-2-1-3-8-20/h1-10,12,16,22H,11,13-15,17H2. The van der Waals surface area contributed by atoms with Crippen LogP contribution in [0, 0.1) is 0 Å². The molecule has 1 fully saturated rings. The first-order valence-corrected chi connectivity index (χ1v) is 9.21. The number of hydrogen-bond donors (Lipinski definition) is 0. The van der Waals surface area contributed by atoms with Gasteiger partial charge in [0.2, 0.25) is 5.91 Å². The van der Waals surface area contributed by atoms with E-state index >= 15 is 0 Å². The zero-order chi connectivity index (χ0) is 17.8. The van der Waals surface area contributed by atoms with Gasteiger partial charge in [0.05, 0.1) is 13.2 Å². The summed E-state index contributed by atoms with van der Waals surface area (Å²) in [4.78, 5) is 14.6. The predicted molar refractivity (Wildman–Crippen MR) is 104 cm³/mol. The largest absolute Gasteiger partial charge is 0.370 e. The Balaban J connectivity index is 1.38. The van der Waals surface area contributed by atoms with Gasteiger partial charge in [-0.15, -0.1) is 0 Å². The summed E-state index contributed by atoms with van der Waals surface area (Å²) in [7, 11) is 0. The fourth-order valence-electron chi connectivity index (χ4n) is 3.55. The second-order valence-electron chi connectivity index (χ2n) is 6.79. The van der Waals surface area contributed by atoms with Gasteiger partial charge in [0, 0.05) is 13.0 Å². The molecule has 0 N–H and O–H groups in total. The highest BCUT2D eigenvalue weighted by atomic mass is 16.5. The number of amides is 1. The van der Waals surface area contributed by atoms with Crippen LogP contribution in [0.3, 0.4) is 0 Å². The van der Waals surface area contributed by atoms with Crippen molar-refractivity contribution in [3.8, 4) is 0 Å². The van der Waals surface area contributed by atoms with Crippen molar-refractivity contribution in [3.63, 3.8) is 0 Å². The third kappa shape index (κ3) is 3.78. The highest BCUT2D eigenvalue weighted by Gasteiger charge is 2.24. The third-order valence-electron chi connectivity index (χ3n) is 5.03. The third-order valence-corrected chi connectivity index (χ3v) is 5.03. The summed E-state index contributed by atoms with van der Waals surface area (Å²) in [5, 5.41) is 2.47. The van der Waals surface area contributed by atoms with Gasteiger partial charge in [0.25, 0.3) is 0 Å². The first kappa shape index (κ1) is 16.8. The summed E-state index contributed by atoms with van der Waals surface area (Å²) in [6.07, 6.45) is 1.30. The molecule has 0 aromatic heterocycles. The van der Waals surface area contributed by atoms with Crippen LogP contribution in [-0.4, -0.2) is 30.5 Å². The van der Waals surface area contributed by atoms with E-state index in [-0.39, 0.29) is 12.0 Å². The molecule has 3 aromatic carbocycles. The van der Waals surface area contributed by atoms with Crippen molar-refractivity contribution in [1.29, 1.82) is 0 Å². The lowest BCUT2D eigenvalue weighted by Gasteiger charge is -2.33. The van der Waals surface area contributed by atoms with Crippen LogP contribution in [0.1, 0.15) is 23.7 Å². The van der Waals surface area contributed by atoms with E-state index in [1.807, 2.05) is 29.2 Å². The highest BCUT2D eigenvalue weighted by Crippen LogP contribution is 2.23. The molecule has 3 aromatic rings. The molecule has 1 saturated heterocycles. The van der Waals surface area contributed by atoms with Crippen molar-refractivity contribution < 1.29 is 9.53 Å². The van der Waals surface area contributed by atoms with Gasteiger partial charge in [0.1, 0.15) is 6.10 Å². The molecular weight excluding hydrogens is 322 g/mol. The first-order chi connectivity index (χ1) is 12.8. The smallest absolute Gasteiger partial charge is 0.223 e. The lowest BCUT2D eigenvalue weighted by Crippen LogP contribution is -2.42. The number of carbonyl (C=O) groups is 1. The zero-order valence-corrected chi connectivity index (χ0v) is 14.8. The number of fused-ring (bicyclic) bond motifs is 1. The number of benzene rings is 3. The summed E-state index contributed by atoms with van der Waals surface area (Å²) in [5.74, 6) is 0.211. The first-order valence-electron chi connectivity index (χ1n) is 9.21. The van der Waals surface area contributed by atoms with E-state index in [4.69, 9.17) is 4.74 Å². The van der Waals surface area contributed by atoms with E-state index in [0.29, 0.717) is 26.1 Å². The molecule has 4 rings (SSSR count). The molecule has 1 aliphatic rings. The van der Waals surface area contributed by atoms with Crippen molar-refractivity contribution >= 4 is 16.7 Å². The van der Waals surface area contributed by atoms with Gasteiger partial charge in [-0.05, 0) is 28.3 Å². The number of ether oxygens (including phenoxy) is 1. The van der Waals surface area contributed by atoms with E-state index < -0.39 is 0 Å². The number of nitrogens with zero attached hydrogens (tertiary/aromatic N) is 1. The Labute approximate surface area is 154 Å². The number of carbonyl (C=O) groups excluding carboxylic acids is 1. The van der Waals surface area contributed by atoms with Crippen LogP contribution >= 0.6 is 0 Å². The van der Waals surface area contributed by atoms with E-state index in [1.165, 1.54) is 16.3 Å². The van der Waals surface area contributed by atoms with Crippen LogP contribution in [0.2, 0.25) is 0 Å². The molecule has 1 amide bonds. The Morgan fingerprint density at radius 1 is 0.962 bits per heavy atom. The minimum atomic E-state index is -0.0189. The van der Waals surface area contributed by atoms with Crippen molar-refractivity contribution in [2.45, 2.75) is 18.9 Å². The fraction of sp³-hybridized carbons (Fsp3) is 0.261. The molecule has 132 valence electrons. The average molecular weight is 345 g/mol. The molecule has 3 heteroatoms. The summed E-state index contributed by atoms with van der Waals surface area (Å²) in [5.41, 5.74) is 2.35. The Bertz CT molecular complexity index is 891. The van der Waals surface area contributed by atoms with Gasteiger partial charge < -0.3 is 9.64 Å². The Morgan fingerprint density at radius 2 is 1.73 bits per heavy atom. The molecule has 0 spiro atoms. The lowest BCUT2D eigenvalue weighted by atomic mass is 10.0. The molecule has 0 aliphatic carbocycles. The molecular formula is C23H23NO2. The number of hydrogen-bond acceptors (Lipinski definition) is 2. The van der Waals surface area contributed by atoms with E-state index in [1.54, 1.807) is 0 Å². The predicted octanol–water partition coefficient (Wildman–Crippen LogP) is 4.37. The maximum atomic E-state index is 12.7. The van der Waals surface area contributed by atoms with Gasteiger partial charge in [-0.25, -0.2) is 0 Å². The molecule has 1 atom stereocenters. The minimum absolute atomic E-state index is 0.0189. The molecule has 0 saturated carbocycles. The van der Waals surface area contributed by atoms with Gasteiger partial charge in [0.15, 0.2) is 0 Å². The SMILES string of the molecule is O=C(CCc1ccc2ccccc2c1)N1CCOC(c2ccccc2)C1. The summed E-state index contributed by atoms with van der Waals surface area (Å²) < 4.78 is 5.86. The maximum absolute atomic E-state index is 12.7. The zero-order valence-electron chi connectivity index (χ0n) is 14.8. The molecule has 1 aliphatic heterocycles. The van der Waals surface area contributed by atoms with Crippen LogP contribution in [0.5, 0.6) is 0 Å². The highest BCUT2D eigenvalue weighted by molar-refractivity contribution is 5.83. The Morgan fingerprint density at radius 3 is 2.58 bits per heavy atom. The van der Waals surface area contributed by atoms with E-state index in [0.717, 1.165) is 12.0 Å². The molecule has 3 nitrogen and oxygen atoms in total. The Kier molecular flexibility index (Phi) is 4.98. The van der Waals surface area contributed by atoms with Gasteiger partial charge in [-0.1, -0.05) is 72.8 Å². The lowest BCUT2D eigenvalue weighted by molar-refractivity contribution is -0.139. The van der Waals surface area contributed by atoms with E-state index in [2.05, 4.69) is 48.5 Å². The molecule has 26 heavy (non-hydrogen) atoms. The van der Waals surface area contributed by atoms with Crippen LogP contribution in [-0.2, 0) is 16.0 Å². The molecule has 0 bridgehead atoms. The number of rotatable bonds is 4. The quantitative estimate of drug-likeness (QED) is 0.702. The van der Waals surface area contributed by atoms with Gasteiger partial charge >= 0.3 is 0 Å². The number of aryl methyl sites for hydroxylation is 1. The normalized spacial score (nSPS) is 17.4. The average Bonchev–Trinajstić information content (AvgIpc) is 2.72.